The lowest BCUT2D eigenvalue weighted by Crippen LogP contribution is -2.22. The van der Waals surface area contributed by atoms with Crippen molar-refractivity contribution in [2.75, 3.05) is 0 Å². The molecular formula is C25H25FN2O. The van der Waals surface area contributed by atoms with Gasteiger partial charge in [-0.05, 0) is 85.4 Å². The van der Waals surface area contributed by atoms with E-state index in [1.165, 1.54) is 28.8 Å². The molecule has 0 radical (unpaired) electrons. The number of allylic oxidation sites excluding steroid dienone is 1. The van der Waals surface area contributed by atoms with E-state index in [0.29, 0.717) is 11.8 Å². The van der Waals surface area contributed by atoms with E-state index in [9.17, 15) is 9.50 Å². The van der Waals surface area contributed by atoms with Crippen molar-refractivity contribution in [3.8, 4) is 5.69 Å². The first-order valence-corrected chi connectivity index (χ1v) is 10.4. The van der Waals surface area contributed by atoms with Crippen molar-refractivity contribution in [3.05, 3.63) is 89.0 Å². The first-order valence-electron chi connectivity index (χ1n) is 10.4. The smallest absolute Gasteiger partial charge is 0.123 e. The van der Waals surface area contributed by atoms with Gasteiger partial charge in [-0.2, -0.15) is 5.10 Å². The van der Waals surface area contributed by atoms with Crippen LogP contribution in [-0.2, 0) is 12.8 Å². The molecule has 0 spiro atoms. The Morgan fingerprint density at radius 2 is 1.90 bits per heavy atom. The summed E-state index contributed by atoms with van der Waals surface area (Å²) >= 11 is 0. The fraction of sp³-hybridized carbons (Fsp3) is 0.320. The second-order valence-corrected chi connectivity index (χ2v) is 8.35. The Morgan fingerprint density at radius 3 is 2.69 bits per heavy atom. The van der Waals surface area contributed by atoms with Gasteiger partial charge in [0.2, 0.25) is 0 Å². The third kappa shape index (κ3) is 3.65. The van der Waals surface area contributed by atoms with Gasteiger partial charge in [-0.1, -0.05) is 35.9 Å². The molecule has 3 nitrogen and oxygen atoms in total. The van der Waals surface area contributed by atoms with E-state index in [2.05, 4.69) is 23.3 Å². The molecule has 0 unspecified atom stereocenters. The SMILES string of the molecule is O[C@@H](Cc1ccccc1)C[C@H]1CCC2=Cc3c(cnn3-c3ccc(F)cc3)C[C@@H]21. The first kappa shape index (κ1) is 18.3. The van der Waals surface area contributed by atoms with Crippen molar-refractivity contribution in [2.24, 2.45) is 11.8 Å². The zero-order valence-corrected chi connectivity index (χ0v) is 16.3. The largest absolute Gasteiger partial charge is 0.393 e. The average Bonchev–Trinajstić information content (AvgIpc) is 3.32. The van der Waals surface area contributed by atoms with Gasteiger partial charge in [-0.3, -0.25) is 0 Å². The summed E-state index contributed by atoms with van der Waals surface area (Å²) in [6.07, 6.45) is 8.69. The van der Waals surface area contributed by atoms with Crippen LogP contribution in [0.15, 0.2) is 66.4 Å². The van der Waals surface area contributed by atoms with Crippen LogP contribution >= 0.6 is 0 Å². The van der Waals surface area contributed by atoms with E-state index in [-0.39, 0.29) is 11.9 Å². The van der Waals surface area contributed by atoms with Gasteiger partial charge in [-0.15, -0.1) is 0 Å². The van der Waals surface area contributed by atoms with Crippen molar-refractivity contribution in [1.82, 2.24) is 9.78 Å². The Balaban J connectivity index is 1.32. The van der Waals surface area contributed by atoms with Crippen LogP contribution in [0.2, 0.25) is 0 Å². The number of rotatable bonds is 5. The van der Waals surface area contributed by atoms with Crippen molar-refractivity contribution >= 4 is 6.08 Å². The molecule has 1 fully saturated rings. The summed E-state index contributed by atoms with van der Waals surface area (Å²) in [4.78, 5) is 0. The lowest BCUT2D eigenvalue weighted by Gasteiger charge is -2.26. The standard InChI is InChI=1S/C25H25FN2O/c26-21-8-10-22(11-9-21)28-25-15-19-7-6-18(24(19)14-20(25)16-27-28)13-23(29)12-17-4-2-1-3-5-17/h1-5,8-11,15-16,18,23-24,29H,6-7,12-14H2/t18-,23+,24-/m1/s1. The molecule has 2 aromatic carbocycles. The summed E-state index contributed by atoms with van der Waals surface area (Å²) < 4.78 is 15.2. The number of hydrogen-bond acceptors (Lipinski definition) is 2. The maximum atomic E-state index is 13.3. The van der Waals surface area contributed by atoms with E-state index in [4.69, 9.17) is 0 Å². The fourth-order valence-electron chi connectivity index (χ4n) is 5.02. The minimum absolute atomic E-state index is 0.235. The van der Waals surface area contributed by atoms with Crippen molar-refractivity contribution < 1.29 is 9.50 Å². The summed E-state index contributed by atoms with van der Waals surface area (Å²) in [5.41, 5.74) is 5.91. The predicted octanol–water partition coefficient (Wildman–Crippen LogP) is 4.97. The average molecular weight is 388 g/mol. The van der Waals surface area contributed by atoms with E-state index in [0.717, 1.165) is 43.5 Å². The molecule has 0 amide bonds. The lowest BCUT2D eigenvalue weighted by atomic mass is 9.80. The highest BCUT2D eigenvalue weighted by Gasteiger charge is 2.36. The first-order chi connectivity index (χ1) is 14.2. The number of fused-ring (bicyclic) bond motifs is 2. The third-order valence-electron chi connectivity index (χ3n) is 6.46. The Bertz CT molecular complexity index is 1020. The topological polar surface area (TPSA) is 38.1 Å². The zero-order valence-electron chi connectivity index (χ0n) is 16.3. The van der Waals surface area contributed by atoms with Crippen LogP contribution in [0.3, 0.4) is 0 Å². The van der Waals surface area contributed by atoms with Gasteiger partial charge in [-0.25, -0.2) is 9.07 Å². The molecule has 1 N–H and O–H groups in total. The van der Waals surface area contributed by atoms with Gasteiger partial charge in [0.05, 0.1) is 23.7 Å². The molecule has 4 heteroatoms. The molecule has 1 saturated carbocycles. The lowest BCUT2D eigenvalue weighted by molar-refractivity contribution is 0.133. The van der Waals surface area contributed by atoms with Gasteiger partial charge < -0.3 is 5.11 Å². The summed E-state index contributed by atoms with van der Waals surface area (Å²) in [7, 11) is 0. The number of benzene rings is 2. The molecule has 5 rings (SSSR count). The molecule has 0 saturated heterocycles. The molecule has 2 aliphatic carbocycles. The Kier molecular flexibility index (Phi) is 4.80. The normalized spacial score (nSPS) is 21.4. The molecule has 148 valence electrons. The van der Waals surface area contributed by atoms with Crippen molar-refractivity contribution in [2.45, 2.75) is 38.2 Å². The van der Waals surface area contributed by atoms with E-state index >= 15 is 0 Å². The molecule has 1 aromatic heterocycles. The number of aromatic nitrogens is 2. The van der Waals surface area contributed by atoms with Gasteiger partial charge >= 0.3 is 0 Å². The minimum Gasteiger partial charge on any atom is -0.393 e. The van der Waals surface area contributed by atoms with Gasteiger partial charge in [0.25, 0.3) is 0 Å². The molecule has 0 aliphatic heterocycles. The summed E-state index contributed by atoms with van der Waals surface area (Å²) in [6, 6.07) is 16.7. The maximum absolute atomic E-state index is 13.3. The molecule has 1 heterocycles. The summed E-state index contributed by atoms with van der Waals surface area (Å²) in [6.45, 7) is 0. The zero-order chi connectivity index (χ0) is 19.8. The number of halogens is 1. The maximum Gasteiger partial charge on any atom is 0.123 e. The molecule has 29 heavy (non-hydrogen) atoms. The highest BCUT2D eigenvalue weighted by Crippen LogP contribution is 2.45. The molecular weight excluding hydrogens is 363 g/mol. The van der Waals surface area contributed by atoms with E-state index < -0.39 is 0 Å². The van der Waals surface area contributed by atoms with Crippen LogP contribution in [0, 0.1) is 17.7 Å². The number of aliphatic hydroxyl groups is 1. The Hall–Kier alpha value is -2.72. The quantitative estimate of drug-likeness (QED) is 0.670. The highest BCUT2D eigenvalue weighted by atomic mass is 19.1. The Labute approximate surface area is 170 Å². The third-order valence-corrected chi connectivity index (χ3v) is 6.46. The number of hydrogen-bond donors (Lipinski definition) is 1. The second-order valence-electron chi connectivity index (χ2n) is 8.35. The van der Waals surface area contributed by atoms with Crippen LogP contribution in [0.25, 0.3) is 11.8 Å². The second kappa shape index (κ2) is 7.60. The minimum atomic E-state index is -0.301. The van der Waals surface area contributed by atoms with Crippen LogP contribution in [0.1, 0.15) is 36.1 Å². The van der Waals surface area contributed by atoms with Gasteiger partial charge in [0.1, 0.15) is 5.82 Å². The summed E-state index contributed by atoms with van der Waals surface area (Å²) in [5, 5.41) is 15.2. The molecule has 2 aliphatic rings. The molecule has 0 bridgehead atoms. The van der Waals surface area contributed by atoms with Crippen LogP contribution in [-0.4, -0.2) is 21.0 Å². The van der Waals surface area contributed by atoms with E-state index in [1.807, 2.05) is 29.1 Å². The fourth-order valence-corrected chi connectivity index (χ4v) is 5.02. The van der Waals surface area contributed by atoms with Crippen molar-refractivity contribution in [3.63, 3.8) is 0 Å². The predicted molar refractivity (Wildman–Crippen MR) is 112 cm³/mol. The Morgan fingerprint density at radius 1 is 1.10 bits per heavy atom. The van der Waals surface area contributed by atoms with Crippen LogP contribution in [0.5, 0.6) is 0 Å². The van der Waals surface area contributed by atoms with Crippen LogP contribution < -0.4 is 0 Å². The summed E-state index contributed by atoms with van der Waals surface area (Å²) in [5.74, 6) is 0.780. The van der Waals surface area contributed by atoms with Gasteiger partial charge in [0, 0.05) is 0 Å². The monoisotopic (exact) mass is 388 g/mol. The molecule has 3 aromatic rings. The number of aliphatic hydroxyl groups excluding tert-OH is 1. The van der Waals surface area contributed by atoms with E-state index in [1.54, 1.807) is 12.1 Å². The van der Waals surface area contributed by atoms with Crippen LogP contribution in [0.4, 0.5) is 4.39 Å². The van der Waals surface area contributed by atoms with Crippen molar-refractivity contribution in [1.29, 1.82) is 0 Å². The molecule has 3 atom stereocenters. The number of nitrogens with zero attached hydrogens (tertiary/aromatic N) is 2. The van der Waals surface area contributed by atoms with Gasteiger partial charge in [0.15, 0.2) is 0 Å². The highest BCUT2D eigenvalue weighted by molar-refractivity contribution is 5.60.